The minimum Gasteiger partial charge on any atom is -0.382 e. The number of hydrogen-bond donors (Lipinski definition) is 0. The molecule has 0 aliphatic heterocycles. The first-order valence-corrected chi connectivity index (χ1v) is 11.7. The third-order valence-electron chi connectivity index (χ3n) is 4.76. The van der Waals surface area contributed by atoms with Gasteiger partial charge in [-0.3, -0.25) is 4.79 Å². The summed E-state index contributed by atoms with van der Waals surface area (Å²) >= 11 is 0. The minimum atomic E-state index is -3.57. The van der Waals surface area contributed by atoms with Gasteiger partial charge in [0.1, 0.15) is 5.75 Å². The SMILES string of the molecule is CC[C@@H](C)N(Cc1cccc(OS(=O)(=O)CC)c1)C(=O)C[C@@H](C)CC(C)(C)C. The molecule has 0 spiro atoms. The summed E-state index contributed by atoms with van der Waals surface area (Å²) in [4.78, 5) is 14.9. The average molecular weight is 412 g/mol. The second kappa shape index (κ2) is 10.3. The van der Waals surface area contributed by atoms with E-state index in [2.05, 4.69) is 34.6 Å². The number of rotatable bonds is 10. The zero-order chi connectivity index (χ0) is 21.5. The van der Waals surface area contributed by atoms with E-state index in [1.54, 1.807) is 25.1 Å². The van der Waals surface area contributed by atoms with Crippen LogP contribution in [-0.4, -0.2) is 31.0 Å². The monoisotopic (exact) mass is 411 g/mol. The lowest BCUT2D eigenvalue weighted by atomic mass is 9.84. The molecule has 0 bridgehead atoms. The Bertz CT molecular complexity index is 737. The minimum absolute atomic E-state index is 0.0830. The molecule has 0 unspecified atom stereocenters. The molecule has 0 aromatic heterocycles. The van der Waals surface area contributed by atoms with Gasteiger partial charge in [-0.1, -0.05) is 46.8 Å². The standard InChI is InChI=1S/C22H37NO4S/c1-8-18(4)23(21(24)13-17(3)15-22(5,6)7)16-19-11-10-12-20(14-19)27-28(25,26)9-2/h10-12,14,17-18H,8-9,13,15-16H2,1-7H3/t17-,18-/m1/s1. The van der Waals surface area contributed by atoms with Crippen LogP contribution in [0.25, 0.3) is 0 Å². The van der Waals surface area contributed by atoms with Gasteiger partial charge in [0.25, 0.3) is 0 Å². The summed E-state index contributed by atoms with van der Waals surface area (Å²) in [7, 11) is -3.57. The zero-order valence-corrected chi connectivity index (χ0v) is 19.3. The topological polar surface area (TPSA) is 63.7 Å². The van der Waals surface area contributed by atoms with Gasteiger partial charge in [0.2, 0.25) is 5.91 Å². The summed E-state index contributed by atoms with van der Waals surface area (Å²) in [5.41, 5.74) is 1.05. The van der Waals surface area contributed by atoms with Crippen LogP contribution in [0, 0.1) is 11.3 Å². The molecule has 1 aromatic carbocycles. The molecule has 1 aromatic rings. The molecule has 0 N–H and O–H groups in total. The van der Waals surface area contributed by atoms with Crippen molar-refractivity contribution in [1.82, 2.24) is 4.90 Å². The summed E-state index contributed by atoms with van der Waals surface area (Å²) < 4.78 is 28.5. The van der Waals surface area contributed by atoms with Gasteiger partial charge in [0.05, 0.1) is 5.75 Å². The van der Waals surface area contributed by atoms with Gasteiger partial charge >= 0.3 is 10.1 Å². The summed E-state index contributed by atoms with van der Waals surface area (Å²) in [5.74, 6) is 0.652. The van der Waals surface area contributed by atoms with E-state index >= 15 is 0 Å². The molecule has 0 heterocycles. The molecule has 1 amide bonds. The van der Waals surface area contributed by atoms with E-state index in [4.69, 9.17) is 4.18 Å². The van der Waals surface area contributed by atoms with Crippen LogP contribution in [0.4, 0.5) is 0 Å². The van der Waals surface area contributed by atoms with Crippen molar-refractivity contribution in [1.29, 1.82) is 0 Å². The summed E-state index contributed by atoms with van der Waals surface area (Å²) in [6, 6.07) is 7.09. The van der Waals surface area contributed by atoms with E-state index < -0.39 is 10.1 Å². The molecule has 28 heavy (non-hydrogen) atoms. The highest BCUT2D eigenvalue weighted by Crippen LogP contribution is 2.27. The highest BCUT2D eigenvalue weighted by Gasteiger charge is 2.24. The van der Waals surface area contributed by atoms with Gasteiger partial charge in [-0.15, -0.1) is 0 Å². The Kier molecular flexibility index (Phi) is 8.99. The summed E-state index contributed by atoms with van der Waals surface area (Å²) in [6.07, 6.45) is 2.37. The Morgan fingerprint density at radius 1 is 1.18 bits per heavy atom. The first kappa shape index (κ1) is 24.5. The quantitative estimate of drug-likeness (QED) is 0.508. The van der Waals surface area contributed by atoms with Gasteiger partial charge in [-0.2, -0.15) is 8.42 Å². The highest BCUT2D eigenvalue weighted by atomic mass is 32.2. The van der Waals surface area contributed by atoms with Crippen LogP contribution in [0.5, 0.6) is 5.75 Å². The van der Waals surface area contributed by atoms with Crippen LogP contribution in [-0.2, 0) is 21.5 Å². The number of benzene rings is 1. The first-order chi connectivity index (χ1) is 12.9. The Balaban J connectivity index is 2.93. The Labute approximate surface area is 171 Å². The maximum atomic E-state index is 13.0. The number of carbonyl (C=O) groups excluding carboxylic acids is 1. The van der Waals surface area contributed by atoms with Gasteiger partial charge in [-0.25, -0.2) is 0 Å². The van der Waals surface area contributed by atoms with Crippen LogP contribution < -0.4 is 4.18 Å². The molecule has 0 aliphatic rings. The number of amides is 1. The Hall–Kier alpha value is -1.56. The van der Waals surface area contributed by atoms with E-state index in [0.29, 0.717) is 18.9 Å². The van der Waals surface area contributed by atoms with Crippen molar-refractivity contribution in [2.24, 2.45) is 11.3 Å². The number of hydrogen-bond acceptors (Lipinski definition) is 4. The van der Waals surface area contributed by atoms with E-state index in [9.17, 15) is 13.2 Å². The van der Waals surface area contributed by atoms with E-state index in [1.807, 2.05) is 17.9 Å². The molecule has 0 fully saturated rings. The van der Waals surface area contributed by atoms with E-state index in [-0.39, 0.29) is 28.9 Å². The normalized spacial score (nSPS) is 14.4. The number of nitrogens with zero attached hydrogens (tertiary/aromatic N) is 1. The smallest absolute Gasteiger partial charge is 0.308 e. The van der Waals surface area contributed by atoms with Crippen molar-refractivity contribution >= 4 is 16.0 Å². The van der Waals surface area contributed by atoms with Crippen molar-refractivity contribution < 1.29 is 17.4 Å². The first-order valence-electron chi connectivity index (χ1n) is 10.2. The van der Waals surface area contributed by atoms with Crippen LogP contribution >= 0.6 is 0 Å². The second-order valence-electron chi connectivity index (χ2n) is 8.93. The zero-order valence-electron chi connectivity index (χ0n) is 18.5. The third-order valence-corrected chi connectivity index (χ3v) is 5.91. The van der Waals surface area contributed by atoms with Crippen LogP contribution in [0.3, 0.4) is 0 Å². The fourth-order valence-corrected chi connectivity index (χ4v) is 3.86. The lowest BCUT2D eigenvalue weighted by Crippen LogP contribution is -2.38. The fourth-order valence-electron chi connectivity index (χ4n) is 3.34. The molecule has 1 rings (SSSR count). The van der Waals surface area contributed by atoms with Gasteiger partial charge in [0, 0.05) is 19.0 Å². The molecule has 5 nitrogen and oxygen atoms in total. The number of carbonyl (C=O) groups is 1. The Morgan fingerprint density at radius 3 is 2.36 bits per heavy atom. The van der Waals surface area contributed by atoms with Crippen LogP contribution in [0.1, 0.15) is 73.3 Å². The molecule has 6 heteroatoms. The van der Waals surface area contributed by atoms with Crippen molar-refractivity contribution in [3.63, 3.8) is 0 Å². The van der Waals surface area contributed by atoms with Gasteiger partial charge in [0.15, 0.2) is 0 Å². The molecular formula is C22H37NO4S. The van der Waals surface area contributed by atoms with E-state index in [0.717, 1.165) is 18.4 Å². The van der Waals surface area contributed by atoms with Crippen LogP contribution in [0.15, 0.2) is 24.3 Å². The molecule has 0 aliphatic carbocycles. The maximum Gasteiger partial charge on any atom is 0.308 e. The highest BCUT2D eigenvalue weighted by molar-refractivity contribution is 7.87. The van der Waals surface area contributed by atoms with Crippen molar-refractivity contribution in [3.05, 3.63) is 29.8 Å². The van der Waals surface area contributed by atoms with Gasteiger partial charge < -0.3 is 9.08 Å². The molecule has 0 saturated heterocycles. The van der Waals surface area contributed by atoms with Crippen LogP contribution in [0.2, 0.25) is 0 Å². The van der Waals surface area contributed by atoms with Crippen molar-refractivity contribution in [2.45, 2.75) is 80.3 Å². The predicted octanol–water partition coefficient (Wildman–Crippen LogP) is 5.00. The average Bonchev–Trinajstić information content (AvgIpc) is 2.57. The lowest BCUT2D eigenvalue weighted by Gasteiger charge is -2.31. The molecule has 2 atom stereocenters. The maximum absolute atomic E-state index is 13.0. The molecular weight excluding hydrogens is 374 g/mol. The second-order valence-corrected chi connectivity index (χ2v) is 10.8. The predicted molar refractivity (Wildman–Crippen MR) is 115 cm³/mol. The largest absolute Gasteiger partial charge is 0.382 e. The molecule has 0 radical (unpaired) electrons. The lowest BCUT2D eigenvalue weighted by molar-refractivity contribution is -0.135. The fraction of sp³-hybridized carbons (Fsp3) is 0.682. The van der Waals surface area contributed by atoms with Crippen molar-refractivity contribution in [2.75, 3.05) is 5.75 Å². The molecule has 160 valence electrons. The molecule has 0 saturated carbocycles. The summed E-state index contributed by atoms with van der Waals surface area (Å²) in [5, 5.41) is 0. The van der Waals surface area contributed by atoms with E-state index in [1.165, 1.54) is 0 Å². The Morgan fingerprint density at radius 2 is 1.82 bits per heavy atom. The third kappa shape index (κ3) is 8.63. The summed E-state index contributed by atoms with van der Waals surface area (Å²) in [6.45, 7) is 14.8. The van der Waals surface area contributed by atoms with Gasteiger partial charge in [-0.05, 0) is 55.7 Å². The van der Waals surface area contributed by atoms with Crippen molar-refractivity contribution in [3.8, 4) is 5.75 Å².